The van der Waals surface area contributed by atoms with Crippen LogP contribution in [0.15, 0.2) is 55.4 Å². The minimum absolute atomic E-state index is 0.328. The van der Waals surface area contributed by atoms with E-state index >= 15 is 0 Å². The number of hydrogen-bond donors (Lipinski definition) is 8. The predicted molar refractivity (Wildman–Crippen MR) is 271 cm³/mol. The van der Waals surface area contributed by atoms with Gasteiger partial charge in [0.15, 0.2) is 30.8 Å². The van der Waals surface area contributed by atoms with E-state index in [-0.39, 0.29) is 0 Å². The van der Waals surface area contributed by atoms with Gasteiger partial charge in [-0.05, 0) is 78.9 Å². The summed E-state index contributed by atoms with van der Waals surface area (Å²) >= 11 is 3.70. The Balaban J connectivity index is 0.000000227. The number of aromatic nitrogens is 3. The Hall–Kier alpha value is -6.66. The lowest BCUT2D eigenvalue weighted by Gasteiger charge is -2.44. The van der Waals surface area contributed by atoms with Gasteiger partial charge in [-0.2, -0.15) is 0 Å². The molecule has 0 saturated carbocycles. The normalized spacial score (nSPS) is 22.9. The van der Waals surface area contributed by atoms with E-state index in [1.54, 1.807) is 55.4 Å². The summed E-state index contributed by atoms with van der Waals surface area (Å²) in [6.45, 7) is 9.28. The molecular formula is C48H56N6O18S3. The van der Waals surface area contributed by atoms with E-state index in [0.717, 1.165) is 67.7 Å². The van der Waals surface area contributed by atoms with Crippen molar-refractivity contribution >= 4 is 106 Å². The first-order chi connectivity index (χ1) is 35.6. The fourth-order valence-electron chi connectivity index (χ4n) is 7.58. The van der Waals surface area contributed by atoms with Crippen LogP contribution in [0.2, 0.25) is 0 Å². The molecule has 404 valence electrons. The van der Waals surface area contributed by atoms with Gasteiger partial charge in [-0.15, -0.1) is 34.0 Å². The SMILES string of the molecule is CC(=O)OC[C@H]1O[C@@H](NC(=O)c2cc3c(C)cncc3s2)[C@H](OC(C)=O)[C@@H](OC(C)=O)[C@@H]1OC(C)=O.CN.Cc1cncc2sc(C(=O)N[C@@H]3O[C@H](CO)[C@@H](O)[C@H](O)[C@H]3O)cc12.Cc1cncc2sc(C(=O)O)cc12. The van der Waals surface area contributed by atoms with Gasteiger partial charge in [-0.1, -0.05) is 0 Å². The number of thiophene rings is 3. The molecule has 0 aliphatic carbocycles. The predicted octanol–water partition coefficient (Wildman–Crippen LogP) is 2.43. The van der Waals surface area contributed by atoms with Gasteiger partial charge in [0.1, 0.15) is 42.0 Å². The molecule has 2 fully saturated rings. The highest BCUT2D eigenvalue weighted by atomic mass is 32.1. The van der Waals surface area contributed by atoms with Gasteiger partial charge in [0.05, 0.1) is 30.5 Å². The van der Waals surface area contributed by atoms with Crippen LogP contribution < -0.4 is 16.4 Å². The molecule has 75 heavy (non-hydrogen) atoms. The molecule has 2 saturated heterocycles. The van der Waals surface area contributed by atoms with Crippen molar-refractivity contribution in [1.82, 2.24) is 25.6 Å². The van der Waals surface area contributed by atoms with E-state index in [4.69, 9.17) is 38.6 Å². The molecule has 2 aliphatic rings. The second-order valence-corrected chi connectivity index (χ2v) is 19.8. The third-order valence-electron chi connectivity index (χ3n) is 11.0. The maximum atomic E-state index is 13.2. The molecule has 6 aromatic heterocycles. The Morgan fingerprint density at radius 2 is 0.960 bits per heavy atom. The Labute approximate surface area is 439 Å². The van der Waals surface area contributed by atoms with Gasteiger partial charge in [0, 0.05) is 64.9 Å². The lowest BCUT2D eigenvalue weighted by Crippen LogP contribution is -2.66. The Morgan fingerprint density at radius 1 is 0.560 bits per heavy atom. The van der Waals surface area contributed by atoms with Crippen LogP contribution in [0.3, 0.4) is 0 Å². The minimum atomic E-state index is -1.53. The number of pyridine rings is 3. The second-order valence-electron chi connectivity index (χ2n) is 16.6. The summed E-state index contributed by atoms with van der Waals surface area (Å²) in [5.74, 6) is -4.83. The minimum Gasteiger partial charge on any atom is -0.477 e. The molecule has 10 atom stereocenters. The van der Waals surface area contributed by atoms with Crippen molar-refractivity contribution in [2.75, 3.05) is 20.3 Å². The highest BCUT2D eigenvalue weighted by molar-refractivity contribution is 7.21. The zero-order chi connectivity index (χ0) is 55.4. The lowest BCUT2D eigenvalue weighted by molar-refractivity contribution is -0.255. The third-order valence-corrected chi connectivity index (χ3v) is 14.2. The first-order valence-corrected chi connectivity index (χ1v) is 25.1. The van der Waals surface area contributed by atoms with Crippen LogP contribution in [-0.2, 0) is 47.6 Å². The number of carbonyl (C=O) groups excluding carboxylic acids is 6. The Bertz CT molecular complexity index is 3020. The lowest BCUT2D eigenvalue weighted by atomic mass is 9.97. The number of rotatable bonds is 11. The van der Waals surface area contributed by atoms with E-state index in [2.05, 4.69) is 31.3 Å². The number of aromatic carboxylic acids is 1. The molecule has 6 aromatic rings. The van der Waals surface area contributed by atoms with Gasteiger partial charge < -0.3 is 70.3 Å². The number of fused-ring (bicyclic) bond motifs is 3. The van der Waals surface area contributed by atoms with Gasteiger partial charge in [-0.25, -0.2) is 4.79 Å². The zero-order valence-corrected chi connectivity index (χ0v) is 44.0. The topological polar surface area (TPSA) is 365 Å². The first kappa shape index (κ1) is 59.2. The van der Waals surface area contributed by atoms with E-state index in [0.29, 0.717) is 14.6 Å². The number of ether oxygens (including phenoxy) is 6. The molecule has 0 radical (unpaired) electrons. The first-order valence-electron chi connectivity index (χ1n) is 22.6. The Morgan fingerprint density at radius 3 is 1.37 bits per heavy atom. The molecule has 27 heteroatoms. The molecule has 0 spiro atoms. The molecule has 2 aliphatic heterocycles. The molecule has 9 N–H and O–H groups in total. The van der Waals surface area contributed by atoms with Crippen molar-refractivity contribution < 1.29 is 87.5 Å². The van der Waals surface area contributed by atoms with E-state index in [9.17, 15) is 48.9 Å². The molecule has 24 nitrogen and oxygen atoms in total. The van der Waals surface area contributed by atoms with Crippen molar-refractivity contribution in [3.05, 3.63) is 86.7 Å². The number of carboxylic acids is 1. The number of amides is 2. The standard InChI is InChI=1S/C23H26N2O10S.C15H18N2O6S.C9H7NO2S.CH5N/c1-10-7-24-8-18-15(10)6-17(36-18)22(30)25-23-21(34-14(5)29)20(33-13(4)28)19(32-12(3)27)16(35-23)9-31-11(2)26;1-6-3-16-4-10-7(6)2-9(24-10)14(22)17-15-13(21)12(20)11(19)8(5-18)23-15;1-5-3-10-4-8-6(5)2-7(13-8)9(11)12;1-2/h6-8,16,19-21,23H,9H2,1-5H3,(H,25,30);2-4,8,11-13,15,18-21H,5H2,1H3,(H,17,22);2-4H,1H3,(H,11,12);2H2,1H3/t16-,19-,20+,21-,23-;8-,11-,12+,13-,15-;;/m11../s1. The van der Waals surface area contributed by atoms with Crippen LogP contribution in [0.5, 0.6) is 0 Å². The largest absolute Gasteiger partial charge is 0.477 e. The summed E-state index contributed by atoms with van der Waals surface area (Å²) in [6, 6.07) is 5.10. The highest BCUT2D eigenvalue weighted by Crippen LogP contribution is 2.32. The number of aliphatic hydroxyl groups is 4. The maximum Gasteiger partial charge on any atom is 0.345 e. The number of nitrogens with one attached hydrogen (secondary N) is 2. The maximum absolute atomic E-state index is 13.2. The molecule has 0 aromatic carbocycles. The van der Waals surface area contributed by atoms with Crippen LogP contribution in [0.25, 0.3) is 30.3 Å². The van der Waals surface area contributed by atoms with Crippen LogP contribution in [-0.4, -0.2) is 164 Å². The van der Waals surface area contributed by atoms with Crippen LogP contribution in [0.4, 0.5) is 0 Å². The average Bonchev–Trinajstić information content (AvgIpc) is 4.13. The van der Waals surface area contributed by atoms with Crippen molar-refractivity contribution in [2.45, 2.75) is 110 Å². The van der Waals surface area contributed by atoms with Crippen molar-refractivity contribution in [3.8, 4) is 0 Å². The Kier molecular flexibility index (Phi) is 21.1. The summed E-state index contributed by atoms with van der Waals surface area (Å²) in [4.78, 5) is 96.6. The molecule has 0 bridgehead atoms. The van der Waals surface area contributed by atoms with Crippen LogP contribution in [0, 0.1) is 20.8 Å². The van der Waals surface area contributed by atoms with E-state index in [1.165, 1.54) is 48.0 Å². The number of aryl methyl sites for hydroxylation is 3. The second kappa shape index (κ2) is 26.7. The number of aliphatic hydroxyl groups excluding tert-OH is 4. The van der Waals surface area contributed by atoms with Crippen molar-refractivity contribution in [3.63, 3.8) is 0 Å². The van der Waals surface area contributed by atoms with Crippen molar-refractivity contribution in [2.24, 2.45) is 5.73 Å². The summed E-state index contributed by atoms with van der Waals surface area (Å²) in [5.41, 5.74) is 7.34. The summed E-state index contributed by atoms with van der Waals surface area (Å²) in [5, 5.41) is 55.3. The summed E-state index contributed by atoms with van der Waals surface area (Å²) in [7, 11) is 1.50. The number of carboxylic acid groups (broad SMARTS) is 1. The van der Waals surface area contributed by atoms with Crippen LogP contribution >= 0.6 is 34.0 Å². The zero-order valence-electron chi connectivity index (χ0n) is 41.6. The van der Waals surface area contributed by atoms with Crippen molar-refractivity contribution in [1.29, 1.82) is 0 Å². The molecule has 8 rings (SSSR count). The van der Waals surface area contributed by atoms with Gasteiger partial charge in [0.2, 0.25) is 0 Å². The van der Waals surface area contributed by atoms with Gasteiger partial charge in [-0.3, -0.25) is 43.7 Å². The van der Waals surface area contributed by atoms with E-state index < -0.39 is 116 Å². The molecule has 8 heterocycles. The number of esters is 4. The average molecular weight is 1100 g/mol. The summed E-state index contributed by atoms with van der Waals surface area (Å²) in [6.07, 6.45) is -3.26. The fraction of sp³-hybridized carbons (Fsp3) is 0.417. The third kappa shape index (κ3) is 15.0. The molecule has 0 unspecified atom stereocenters. The van der Waals surface area contributed by atoms with E-state index in [1.807, 2.05) is 20.8 Å². The van der Waals surface area contributed by atoms with Gasteiger partial charge in [0.25, 0.3) is 11.8 Å². The molecular weight excluding hydrogens is 1040 g/mol. The van der Waals surface area contributed by atoms with Gasteiger partial charge >= 0.3 is 29.8 Å². The quantitative estimate of drug-likeness (QED) is 0.0682. The number of carbonyl (C=O) groups is 7. The number of hydrogen-bond acceptors (Lipinski definition) is 24. The number of nitrogens with zero attached hydrogens (tertiary/aromatic N) is 3. The summed E-state index contributed by atoms with van der Waals surface area (Å²) < 4.78 is 34.8. The monoisotopic (exact) mass is 1100 g/mol. The van der Waals surface area contributed by atoms with Crippen LogP contribution in [0.1, 0.15) is 73.4 Å². The smallest absolute Gasteiger partial charge is 0.345 e. The highest BCUT2D eigenvalue weighted by Gasteiger charge is 2.53. The fourth-order valence-corrected chi connectivity index (χ4v) is 10.5. The molecule has 2 amide bonds. The number of nitrogens with two attached hydrogens (primary N) is 1.